The summed E-state index contributed by atoms with van der Waals surface area (Å²) in [5, 5.41) is 21.8. The largest absolute Gasteiger partial charge is 0.393 e. The summed E-state index contributed by atoms with van der Waals surface area (Å²) in [4.78, 5) is 0. The van der Waals surface area contributed by atoms with Crippen LogP contribution in [0.5, 0.6) is 0 Å². The van der Waals surface area contributed by atoms with Crippen molar-refractivity contribution in [3.63, 3.8) is 0 Å². The zero-order valence-corrected chi connectivity index (χ0v) is 11.1. The van der Waals surface area contributed by atoms with E-state index in [9.17, 15) is 5.11 Å². The van der Waals surface area contributed by atoms with Crippen LogP contribution in [0, 0.1) is 17.2 Å². The van der Waals surface area contributed by atoms with Gasteiger partial charge < -0.3 is 10.4 Å². The highest BCUT2D eigenvalue weighted by molar-refractivity contribution is 9.10. The molecule has 2 N–H and O–H groups in total. The lowest BCUT2D eigenvalue weighted by molar-refractivity contribution is 0.178. The summed E-state index contributed by atoms with van der Waals surface area (Å²) < 4.78 is 0.816. The summed E-state index contributed by atoms with van der Waals surface area (Å²) >= 11 is 3.37. The number of nitrogens with one attached hydrogen (secondary N) is 1. The summed E-state index contributed by atoms with van der Waals surface area (Å²) in [5.74, 6) is 0.510. The highest BCUT2D eigenvalue weighted by Crippen LogP contribution is 2.28. The normalized spacial score (nSPS) is 23.4. The number of aliphatic hydroxyl groups is 1. The van der Waals surface area contributed by atoms with Crippen molar-refractivity contribution in [2.75, 3.05) is 11.9 Å². The zero-order chi connectivity index (χ0) is 12.3. The summed E-state index contributed by atoms with van der Waals surface area (Å²) in [5.41, 5.74) is 1.51. The smallest absolute Gasteiger partial charge is 0.103 e. The maximum atomic E-state index is 9.45. The second-order valence-corrected chi connectivity index (χ2v) is 5.34. The van der Waals surface area contributed by atoms with Crippen LogP contribution in [0.2, 0.25) is 0 Å². The molecule has 2 unspecified atom stereocenters. The third kappa shape index (κ3) is 2.99. The van der Waals surface area contributed by atoms with Gasteiger partial charge in [-0.3, -0.25) is 0 Å². The second-order valence-electron chi connectivity index (χ2n) is 4.49. The Morgan fingerprint density at radius 1 is 1.47 bits per heavy atom. The fourth-order valence-corrected chi connectivity index (χ4v) is 2.73. The van der Waals surface area contributed by atoms with Crippen molar-refractivity contribution in [2.45, 2.75) is 25.4 Å². The zero-order valence-electron chi connectivity index (χ0n) is 9.49. The number of nitriles is 1. The molecule has 2 rings (SSSR count). The highest BCUT2D eigenvalue weighted by Gasteiger charge is 2.22. The van der Waals surface area contributed by atoms with Gasteiger partial charge in [0.1, 0.15) is 6.07 Å². The Morgan fingerprint density at radius 3 is 2.94 bits per heavy atom. The van der Waals surface area contributed by atoms with Crippen LogP contribution < -0.4 is 5.32 Å². The van der Waals surface area contributed by atoms with Gasteiger partial charge in [-0.2, -0.15) is 5.26 Å². The lowest BCUT2D eigenvalue weighted by atomic mass is 10.1. The standard InChI is InChI=1S/C13H15BrN2O/c14-12-2-1-3-13(11(12)7-15)16-8-9-4-5-10(17)6-9/h1-3,9-10,16-17H,4-6,8H2. The lowest BCUT2D eigenvalue weighted by Crippen LogP contribution is -2.13. The van der Waals surface area contributed by atoms with Gasteiger partial charge in [-0.05, 0) is 53.2 Å². The summed E-state index contributed by atoms with van der Waals surface area (Å²) in [6.07, 6.45) is 2.68. The molecule has 90 valence electrons. The molecule has 1 saturated carbocycles. The molecule has 0 saturated heterocycles. The van der Waals surface area contributed by atoms with Crippen LogP contribution in [0.15, 0.2) is 22.7 Å². The molecule has 0 aliphatic heterocycles. The topological polar surface area (TPSA) is 56.0 Å². The third-order valence-electron chi connectivity index (χ3n) is 3.22. The predicted octanol–water partition coefficient (Wildman–Crippen LogP) is 2.89. The van der Waals surface area contributed by atoms with Crippen molar-refractivity contribution in [3.8, 4) is 6.07 Å². The third-order valence-corrected chi connectivity index (χ3v) is 3.88. The van der Waals surface area contributed by atoms with E-state index in [1.54, 1.807) is 0 Å². The minimum atomic E-state index is -0.139. The van der Waals surface area contributed by atoms with E-state index in [2.05, 4.69) is 27.3 Å². The molecule has 0 amide bonds. The number of nitrogens with zero attached hydrogens (tertiary/aromatic N) is 1. The van der Waals surface area contributed by atoms with Crippen molar-refractivity contribution in [1.82, 2.24) is 0 Å². The molecule has 1 aliphatic carbocycles. The maximum absolute atomic E-state index is 9.45. The SMILES string of the molecule is N#Cc1c(Br)cccc1NCC1CCC(O)C1. The van der Waals surface area contributed by atoms with Crippen molar-refractivity contribution >= 4 is 21.6 Å². The first-order valence-corrected chi connectivity index (χ1v) is 6.60. The van der Waals surface area contributed by atoms with Crippen molar-refractivity contribution < 1.29 is 5.11 Å². The molecule has 0 spiro atoms. The molecule has 1 aromatic rings. The average molecular weight is 295 g/mol. The Labute approximate surface area is 110 Å². The molecule has 17 heavy (non-hydrogen) atoms. The Morgan fingerprint density at radius 2 is 2.29 bits per heavy atom. The quantitative estimate of drug-likeness (QED) is 0.901. The minimum absolute atomic E-state index is 0.139. The number of anilines is 1. The van der Waals surface area contributed by atoms with Crippen molar-refractivity contribution in [3.05, 3.63) is 28.2 Å². The van der Waals surface area contributed by atoms with E-state index in [-0.39, 0.29) is 6.10 Å². The minimum Gasteiger partial charge on any atom is -0.393 e. The molecule has 0 radical (unpaired) electrons. The first kappa shape index (κ1) is 12.4. The molecule has 0 bridgehead atoms. The van der Waals surface area contributed by atoms with Gasteiger partial charge in [0.25, 0.3) is 0 Å². The van der Waals surface area contributed by atoms with Crippen LogP contribution in [-0.4, -0.2) is 17.8 Å². The van der Waals surface area contributed by atoms with Gasteiger partial charge in [0.05, 0.1) is 17.4 Å². The molecular weight excluding hydrogens is 280 g/mol. The summed E-state index contributed by atoms with van der Waals surface area (Å²) in [7, 11) is 0. The highest BCUT2D eigenvalue weighted by atomic mass is 79.9. The van der Waals surface area contributed by atoms with Gasteiger partial charge >= 0.3 is 0 Å². The van der Waals surface area contributed by atoms with Crippen LogP contribution >= 0.6 is 15.9 Å². The molecule has 1 aliphatic rings. The Bertz CT molecular complexity index is 442. The monoisotopic (exact) mass is 294 g/mol. The van der Waals surface area contributed by atoms with Crippen LogP contribution in [0.25, 0.3) is 0 Å². The van der Waals surface area contributed by atoms with E-state index in [1.165, 1.54) is 0 Å². The van der Waals surface area contributed by atoms with Gasteiger partial charge in [-0.25, -0.2) is 0 Å². The van der Waals surface area contributed by atoms with Gasteiger partial charge in [0, 0.05) is 11.0 Å². The van der Waals surface area contributed by atoms with Gasteiger partial charge in [-0.15, -0.1) is 0 Å². The van der Waals surface area contributed by atoms with Gasteiger partial charge in [0.15, 0.2) is 0 Å². The van der Waals surface area contributed by atoms with Gasteiger partial charge in [0.2, 0.25) is 0 Å². The fraction of sp³-hybridized carbons (Fsp3) is 0.462. The lowest BCUT2D eigenvalue weighted by Gasteiger charge is -2.13. The van der Waals surface area contributed by atoms with Crippen molar-refractivity contribution in [2.24, 2.45) is 5.92 Å². The van der Waals surface area contributed by atoms with Gasteiger partial charge in [-0.1, -0.05) is 6.07 Å². The van der Waals surface area contributed by atoms with Crippen LogP contribution in [0.3, 0.4) is 0 Å². The first-order valence-electron chi connectivity index (χ1n) is 5.81. The van der Waals surface area contributed by atoms with E-state index in [1.807, 2.05) is 18.2 Å². The molecule has 0 aromatic heterocycles. The Hall–Kier alpha value is -1.05. The first-order chi connectivity index (χ1) is 8.20. The van der Waals surface area contributed by atoms with E-state index in [4.69, 9.17) is 5.26 Å². The molecule has 2 atom stereocenters. The van der Waals surface area contributed by atoms with Crippen LogP contribution in [0.4, 0.5) is 5.69 Å². The Balaban J connectivity index is 2.00. The maximum Gasteiger partial charge on any atom is 0.103 e. The molecule has 1 aromatic carbocycles. The number of hydrogen-bond acceptors (Lipinski definition) is 3. The molecule has 1 fully saturated rings. The molecular formula is C13H15BrN2O. The van der Waals surface area contributed by atoms with Crippen LogP contribution in [-0.2, 0) is 0 Å². The Kier molecular flexibility index (Phi) is 4.03. The van der Waals surface area contributed by atoms with E-state index >= 15 is 0 Å². The number of hydrogen-bond donors (Lipinski definition) is 2. The predicted molar refractivity (Wildman–Crippen MR) is 70.7 cm³/mol. The number of benzene rings is 1. The molecule has 3 nitrogen and oxygen atoms in total. The summed E-state index contributed by atoms with van der Waals surface area (Å²) in [6.45, 7) is 0.822. The van der Waals surface area contributed by atoms with E-state index in [0.717, 1.165) is 36.0 Å². The van der Waals surface area contributed by atoms with Crippen LogP contribution in [0.1, 0.15) is 24.8 Å². The molecule has 0 heterocycles. The summed E-state index contributed by atoms with van der Waals surface area (Å²) in [6, 6.07) is 7.88. The fourth-order valence-electron chi connectivity index (χ4n) is 2.27. The number of rotatable bonds is 3. The average Bonchev–Trinajstić information content (AvgIpc) is 2.72. The number of aliphatic hydroxyl groups excluding tert-OH is 1. The second kappa shape index (κ2) is 5.52. The number of halogens is 1. The molecule has 4 heteroatoms. The van der Waals surface area contributed by atoms with Crippen molar-refractivity contribution in [1.29, 1.82) is 5.26 Å². The van der Waals surface area contributed by atoms with E-state index < -0.39 is 0 Å². The van der Waals surface area contributed by atoms with E-state index in [0.29, 0.717) is 11.5 Å².